The molecule has 0 radical (unpaired) electrons. The van der Waals surface area contributed by atoms with Gasteiger partial charge in [-0.15, -0.1) is 0 Å². The normalized spacial score (nSPS) is 19.5. The zero-order valence-electron chi connectivity index (χ0n) is 21.0. The van der Waals surface area contributed by atoms with E-state index < -0.39 is 18.6 Å². The molecule has 2 fully saturated rings. The maximum absolute atomic E-state index is 13.6. The second-order valence-electron chi connectivity index (χ2n) is 9.58. The summed E-state index contributed by atoms with van der Waals surface area (Å²) in [6.45, 7) is 4.16. The van der Waals surface area contributed by atoms with Crippen molar-refractivity contribution < 1.29 is 24.2 Å². The number of rotatable bonds is 6. The Morgan fingerprint density at radius 3 is 2.37 bits per heavy atom. The first-order valence-electron chi connectivity index (χ1n) is 12.6. The number of alkyl halides is 3. The van der Waals surface area contributed by atoms with Crippen LogP contribution in [0.5, 0.6) is 0 Å². The van der Waals surface area contributed by atoms with Crippen LogP contribution >= 0.6 is 23.2 Å². The van der Waals surface area contributed by atoms with E-state index in [1.807, 2.05) is 4.90 Å². The lowest BCUT2D eigenvalue weighted by atomic mass is 9.97. The van der Waals surface area contributed by atoms with Crippen molar-refractivity contribution in [2.75, 3.05) is 44.2 Å². The molecule has 1 N–H and O–H groups in total. The van der Waals surface area contributed by atoms with Gasteiger partial charge in [-0.2, -0.15) is 13.2 Å². The SMILES string of the molecule is CCNC(=O)c1cnc(N2CCN(C3CCN(C(=O)c4ccc(Cl)cc4)CC3)C(CC(F)(F)F)C2)c(Cl)c1.[HH]. The van der Waals surface area contributed by atoms with Crippen LogP contribution in [0.3, 0.4) is 0 Å². The molecule has 0 spiro atoms. The number of hydrogen-bond acceptors (Lipinski definition) is 5. The highest BCUT2D eigenvalue weighted by molar-refractivity contribution is 6.33. The van der Waals surface area contributed by atoms with Gasteiger partial charge in [0.2, 0.25) is 0 Å². The van der Waals surface area contributed by atoms with Gasteiger partial charge in [0.25, 0.3) is 11.8 Å². The number of piperazine rings is 1. The average molecular weight is 574 g/mol. The number of piperidine rings is 1. The Hall–Kier alpha value is -2.56. The van der Waals surface area contributed by atoms with Crippen LogP contribution in [-0.4, -0.2) is 84.1 Å². The maximum atomic E-state index is 13.6. The van der Waals surface area contributed by atoms with E-state index >= 15 is 0 Å². The third kappa shape index (κ3) is 6.90. The lowest BCUT2D eigenvalue weighted by Gasteiger charge is -2.48. The number of nitrogens with zero attached hydrogens (tertiary/aromatic N) is 4. The van der Waals surface area contributed by atoms with Gasteiger partial charge >= 0.3 is 6.18 Å². The zero-order valence-corrected chi connectivity index (χ0v) is 22.5. The molecule has 4 rings (SSSR count). The van der Waals surface area contributed by atoms with Crippen LogP contribution in [0.2, 0.25) is 10.0 Å². The number of carbonyl (C=O) groups excluding carboxylic acids is 2. The third-order valence-electron chi connectivity index (χ3n) is 7.03. The number of anilines is 1. The molecule has 12 heteroatoms. The van der Waals surface area contributed by atoms with Gasteiger partial charge in [0.15, 0.2) is 0 Å². The minimum absolute atomic E-state index is 0. The van der Waals surface area contributed by atoms with Gasteiger partial charge in [-0.3, -0.25) is 14.5 Å². The van der Waals surface area contributed by atoms with Crippen molar-refractivity contribution in [2.24, 2.45) is 0 Å². The van der Waals surface area contributed by atoms with Crippen molar-refractivity contribution in [3.8, 4) is 0 Å². The Morgan fingerprint density at radius 1 is 1.08 bits per heavy atom. The Bertz CT molecular complexity index is 1150. The fourth-order valence-electron chi connectivity index (χ4n) is 5.22. The van der Waals surface area contributed by atoms with Crippen LogP contribution in [0.4, 0.5) is 19.0 Å². The molecule has 0 saturated carbocycles. The van der Waals surface area contributed by atoms with Crippen LogP contribution in [0.1, 0.15) is 48.3 Å². The number of amides is 2. The number of likely N-dealkylation sites (tertiary alicyclic amines) is 1. The Morgan fingerprint density at radius 2 is 1.76 bits per heavy atom. The van der Waals surface area contributed by atoms with Gasteiger partial charge in [-0.1, -0.05) is 23.2 Å². The summed E-state index contributed by atoms with van der Waals surface area (Å²) >= 11 is 12.3. The molecule has 3 heterocycles. The first-order valence-corrected chi connectivity index (χ1v) is 13.4. The van der Waals surface area contributed by atoms with Gasteiger partial charge in [0.05, 0.1) is 17.0 Å². The van der Waals surface area contributed by atoms with Crippen molar-refractivity contribution in [2.45, 2.75) is 44.4 Å². The zero-order chi connectivity index (χ0) is 27.4. The highest BCUT2D eigenvalue weighted by atomic mass is 35.5. The first-order chi connectivity index (χ1) is 18.1. The smallest absolute Gasteiger partial charge is 0.353 e. The number of pyridine rings is 1. The van der Waals surface area contributed by atoms with Crippen LogP contribution < -0.4 is 10.2 Å². The highest BCUT2D eigenvalue weighted by Crippen LogP contribution is 2.33. The molecule has 2 aromatic rings. The molecular formula is C26H32Cl2F3N5O2. The predicted octanol–water partition coefficient (Wildman–Crippen LogP) is 5.13. The summed E-state index contributed by atoms with van der Waals surface area (Å²) in [5.41, 5.74) is 0.838. The van der Waals surface area contributed by atoms with Gasteiger partial charge in [0.1, 0.15) is 5.82 Å². The molecule has 38 heavy (non-hydrogen) atoms. The van der Waals surface area contributed by atoms with Gasteiger partial charge in [0, 0.05) is 69.6 Å². The summed E-state index contributed by atoms with van der Waals surface area (Å²) in [6, 6.07) is 7.33. The summed E-state index contributed by atoms with van der Waals surface area (Å²) < 4.78 is 40.8. The Kier molecular flexibility index (Phi) is 9.05. The number of aromatic nitrogens is 1. The second-order valence-corrected chi connectivity index (χ2v) is 10.4. The van der Waals surface area contributed by atoms with E-state index in [0.29, 0.717) is 67.5 Å². The highest BCUT2D eigenvalue weighted by Gasteiger charge is 2.41. The molecule has 2 amide bonds. The molecule has 2 aliphatic heterocycles. The number of carbonyl (C=O) groups is 2. The molecule has 2 saturated heterocycles. The minimum atomic E-state index is -4.34. The summed E-state index contributed by atoms with van der Waals surface area (Å²) in [4.78, 5) is 34.7. The van der Waals surface area contributed by atoms with E-state index in [2.05, 4.69) is 10.3 Å². The second kappa shape index (κ2) is 12.1. The quantitative estimate of drug-likeness (QED) is 0.518. The van der Waals surface area contributed by atoms with Crippen LogP contribution in [0, 0.1) is 0 Å². The molecular weight excluding hydrogens is 542 g/mol. The van der Waals surface area contributed by atoms with E-state index in [0.717, 1.165) is 0 Å². The monoisotopic (exact) mass is 573 g/mol. The minimum Gasteiger partial charge on any atom is -0.353 e. The first kappa shape index (κ1) is 28.4. The molecule has 1 aromatic heterocycles. The topological polar surface area (TPSA) is 68.8 Å². The van der Waals surface area contributed by atoms with Gasteiger partial charge in [-0.05, 0) is 50.1 Å². The molecule has 0 aliphatic carbocycles. The molecule has 208 valence electrons. The van der Waals surface area contributed by atoms with E-state index in [1.54, 1.807) is 41.0 Å². The lowest BCUT2D eigenvalue weighted by Crippen LogP contribution is -2.60. The largest absolute Gasteiger partial charge is 0.390 e. The fraction of sp³-hybridized carbons (Fsp3) is 0.500. The van der Waals surface area contributed by atoms with Crippen LogP contribution in [-0.2, 0) is 0 Å². The Balaban J connectivity index is 0.00000420. The van der Waals surface area contributed by atoms with Crippen molar-refractivity contribution in [1.82, 2.24) is 20.1 Å². The van der Waals surface area contributed by atoms with Crippen molar-refractivity contribution in [1.29, 1.82) is 0 Å². The Labute approximate surface area is 231 Å². The molecule has 1 unspecified atom stereocenters. The van der Waals surface area contributed by atoms with Crippen LogP contribution in [0.15, 0.2) is 36.5 Å². The van der Waals surface area contributed by atoms with Crippen molar-refractivity contribution in [3.05, 3.63) is 57.7 Å². The molecule has 0 bridgehead atoms. The summed E-state index contributed by atoms with van der Waals surface area (Å²) in [6.07, 6.45) is -2.72. The van der Waals surface area contributed by atoms with Crippen molar-refractivity contribution in [3.63, 3.8) is 0 Å². The summed E-state index contributed by atoms with van der Waals surface area (Å²) in [5.74, 6) is -0.0439. The van der Waals surface area contributed by atoms with E-state index in [4.69, 9.17) is 23.2 Å². The standard InChI is InChI=1S/C26H30Cl2F3N5O2.H2/c1-2-32-24(37)18-13-22(28)23(33-15-18)35-11-12-36(21(16-35)14-26(29,30)31)20-7-9-34(10-8-20)25(38)17-3-5-19(27)6-4-17;/h3-6,13,15,20-21H,2,7-12,14,16H2,1H3,(H,32,37);1H. The van der Waals surface area contributed by atoms with Crippen molar-refractivity contribution >= 4 is 40.8 Å². The maximum Gasteiger partial charge on any atom is 0.390 e. The van der Waals surface area contributed by atoms with E-state index in [9.17, 15) is 22.8 Å². The molecule has 2 aliphatic rings. The number of benzene rings is 1. The molecule has 1 aromatic carbocycles. The fourth-order valence-corrected chi connectivity index (χ4v) is 5.63. The van der Waals surface area contributed by atoms with E-state index in [1.165, 1.54) is 12.3 Å². The van der Waals surface area contributed by atoms with E-state index in [-0.39, 0.29) is 30.9 Å². The lowest BCUT2D eigenvalue weighted by molar-refractivity contribution is -0.150. The summed E-state index contributed by atoms with van der Waals surface area (Å²) in [5, 5.41) is 3.44. The number of hydrogen-bond donors (Lipinski definition) is 1. The molecule has 7 nitrogen and oxygen atoms in total. The van der Waals surface area contributed by atoms with Crippen LogP contribution in [0.25, 0.3) is 0 Å². The number of nitrogens with one attached hydrogen (secondary N) is 1. The third-order valence-corrected chi connectivity index (χ3v) is 7.56. The number of halogens is 5. The summed E-state index contributed by atoms with van der Waals surface area (Å²) in [7, 11) is 0. The molecule has 1 atom stereocenters. The predicted molar refractivity (Wildman–Crippen MR) is 143 cm³/mol. The average Bonchev–Trinajstić information content (AvgIpc) is 2.88. The van der Waals surface area contributed by atoms with Gasteiger partial charge < -0.3 is 15.1 Å². The van der Waals surface area contributed by atoms with Gasteiger partial charge in [-0.25, -0.2) is 4.98 Å².